The first-order valence-electron chi connectivity index (χ1n) is 8.29. The van der Waals surface area contributed by atoms with Gasteiger partial charge in [0.15, 0.2) is 0 Å². The first-order chi connectivity index (χ1) is 13.0. The molecule has 0 N–H and O–H groups in total. The minimum Gasteiger partial charge on any atom is -0.331 e. The zero-order chi connectivity index (χ0) is 19.4. The van der Waals surface area contributed by atoms with E-state index in [4.69, 9.17) is 0 Å². The number of carbonyl (C=O) groups excluding carboxylic acids is 1. The molecule has 0 heterocycles. The summed E-state index contributed by atoms with van der Waals surface area (Å²) in [5, 5.41) is 10.8. The van der Waals surface area contributed by atoms with Crippen LogP contribution in [-0.2, 0) is 0 Å². The van der Waals surface area contributed by atoms with Gasteiger partial charge in [-0.3, -0.25) is 14.9 Å². The number of hydrogen-bond acceptors (Lipinski definition) is 3. The molecule has 3 rings (SSSR count). The minimum atomic E-state index is -0.511. The fourth-order valence-electron chi connectivity index (χ4n) is 2.97. The number of carbonyl (C=O) groups is 1. The van der Waals surface area contributed by atoms with Gasteiger partial charge < -0.3 is 4.90 Å². The van der Waals surface area contributed by atoms with Crippen LogP contribution in [0.25, 0.3) is 0 Å². The van der Waals surface area contributed by atoms with E-state index in [9.17, 15) is 19.3 Å². The number of nitro benzene ring substituents is 1. The van der Waals surface area contributed by atoms with Gasteiger partial charge in [-0.1, -0.05) is 42.5 Å². The van der Waals surface area contributed by atoms with Gasteiger partial charge in [0.1, 0.15) is 5.82 Å². The summed E-state index contributed by atoms with van der Waals surface area (Å²) >= 11 is 0. The second-order valence-electron chi connectivity index (χ2n) is 6.08. The van der Waals surface area contributed by atoms with E-state index >= 15 is 0 Å². The Morgan fingerprint density at radius 3 is 2.04 bits per heavy atom. The molecule has 3 aromatic rings. The number of nitro groups is 1. The van der Waals surface area contributed by atoms with Crippen LogP contribution >= 0.6 is 0 Å². The predicted octanol–water partition coefficient (Wildman–Crippen LogP) is 4.60. The third-order valence-corrected chi connectivity index (χ3v) is 4.33. The molecule has 0 fully saturated rings. The standard InChI is InChI=1S/C21H17FN2O3/c1-23(21(25)17-9-13-19(14-10-17)24(26)27)20(15-5-3-2-4-6-15)16-7-11-18(22)12-8-16/h2-14,20H,1H3. The highest BCUT2D eigenvalue weighted by molar-refractivity contribution is 5.94. The molecule has 5 nitrogen and oxygen atoms in total. The molecule has 0 saturated carbocycles. The highest BCUT2D eigenvalue weighted by Crippen LogP contribution is 2.29. The molecule has 0 aliphatic heterocycles. The maximum atomic E-state index is 13.3. The lowest BCUT2D eigenvalue weighted by atomic mass is 9.96. The summed E-state index contributed by atoms with van der Waals surface area (Å²) in [6.45, 7) is 0. The van der Waals surface area contributed by atoms with E-state index in [0.717, 1.165) is 11.1 Å². The zero-order valence-electron chi connectivity index (χ0n) is 14.6. The van der Waals surface area contributed by atoms with Crippen LogP contribution in [0.2, 0.25) is 0 Å². The molecule has 136 valence electrons. The Balaban J connectivity index is 1.97. The van der Waals surface area contributed by atoms with E-state index in [0.29, 0.717) is 5.56 Å². The Kier molecular flexibility index (Phi) is 5.26. The van der Waals surface area contributed by atoms with Gasteiger partial charge in [0.2, 0.25) is 0 Å². The summed E-state index contributed by atoms with van der Waals surface area (Å²) in [5.41, 5.74) is 1.90. The third-order valence-electron chi connectivity index (χ3n) is 4.33. The second-order valence-corrected chi connectivity index (χ2v) is 6.08. The molecule has 3 aromatic carbocycles. The van der Waals surface area contributed by atoms with Crippen LogP contribution in [0.1, 0.15) is 27.5 Å². The molecule has 0 saturated heterocycles. The minimum absolute atomic E-state index is 0.0765. The molecule has 6 heteroatoms. The van der Waals surface area contributed by atoms with Crippen LogP contribution in [0.4, 0.5) is 10.1 Å². The number of halogens is 1. The van der Waals surface area contributed by atoms with E-state index < -0.39 is 11.0 Å². The van der Waals surface area contributed by atoms with Gasteiger partial charge in [-0.05, 0) is 35.4 Å². The number of hydrogen-bond donors (Lipinski definition) is 0. The fourth-order valence-corrected chi connectivity index (χ4v) is 2.97. The van der Waals surface area contributed by atoms with Gasteiger partial charge in [-0.15, -0.1) is 0 Å². The highest BCUT2D eigenvalue weighted by Gasteiger charge is 2.24. The van der Waals surface area contributed by atoms with Gasteiger partial charge >= 0.3 is 0 Å². The average Bonchev–Trinajstić information content (AvgIpc) is 2.70. The molecular formula is C21H17FN2O3. The highest BCUT2D eigenvalue weighted by atomic mass is 19.1. The maximum Gasteiger partial charge on any atom is 0.269 e. The maximum absolute atomic E-state index is 13.3. The van der Waals surface area contributed by atoms with Crippen LogP contribution in [0.3, 0.4) is 0 Å². The van der Waals surface area contributed by atoms with Crippen LogP contribution in [-0.4, -0.2) is 22.8 Å². The molecule has 0 aliphatic rings. The molecule has 0 bridgehead atoms. The van der Waals surface area contributed by atoms with Gasteiger partial charge in [0, 0.05) is 24.7 Å². The lowest BCUT2D eigenvalue weighted by Gasteiger charge is -2.29. The molecule has 0 aliphatic carbocycles. The average molecular weight is 364 g/mol. The number of amides is 1. The number of nitrogens with zero attached hydrogens (tertiary/aromatic N) is 2. The van der Waals surface area contributed by atoms with Crippen molar-refractivity contribution in [3.8, 4) is 0 Å². The van der Waals surface area contributed by atoms with Crippen molar-refractivity contribution in [1.29, 1.82) is 0 Å². The Hall–Kier alpha value is -3.54. The molecule has 1 atom stereocenters. The first kappa shape index (κ1) is 18.3. The van der Waals surface area contributed by atoms with Gasteiger partial charge in [-0.25, -0.2) is 4.39 Å². The van der Waals surface area contributed by atoms with Crippen LogP contribution in [0, 0.1) is 15.9 Å². The largest absolute Gasteiger partial charge is 0.331 e. The van der Waals surface area contributed by atoms with E-state index in [1.165, 1.54) is 36.4 Å². The van der Waals surface area contributed by atoms with Crippen molar-refractivity contribution in [3.05, 3.63) is 111 Å². The summed E-state index contributed by atoms with van der Waals surface area (Å²) in [6, 6.07) is 20.5. The lowest BCUT2D eigenvalue weighted by molar-refractivity contribution is -0.384. The molecule has 1 unspecified atom stereocenters. The van der Waals surface area contributed by atoms with Crippen LogP contribution < -0.4 is 0 Å². The summed E-state index contributed by atoms with van der Waals surface area (Å²) in [6.07, 6.45) is 0. The predicted molar refractivity (Wildman–Crippen MR) is 99.9 cm³/mol. The van der Waals surface area contributed by atoms with Crippen molar-refractivity contribution in [2.45, 2.75) is 6.04 Å². The summed E-state index contributed by atoms with van der Waals surface area (Å²) in [7, 11) is 1.66. The summed E-state index contributed by atoms with van der Waals surface area (Å²) in [4.78, 5) is 24.8. The van der Waals surface area contributed by atoms with Gasteiger partial charge in [0.05, 0.1) is 11.0 Å². The van der Waals surface area contributed by atoms with E-state index in [1.54, 1.807) is 24.1 Å². The Bertz CT molecular complexity index is 941. The number of non-ortho nitro benzene ring substituents is 1. The SMILES string of the molecule is CN(C(=O)c1ccc([N+](=O)[O-])cc1)C(c1ccccc1)c1ccc(F)cc1. The zero-order valence-corrected chi connectivity index (χ0v) is 14.6. The molecule has 1 amide bonds. The molecule has 0 spiro atoms. The van der Waals surface area contributed by atoms with Crippen LogP contribution in [0.15, 0.2) is 78.9 Å². The molecule has 0 radical (unpaired) electrons. The van der Waals surface area contributed by atoms with Gasteiger partial charge in [-0.2, -0.15) is 0 Å². The fraction of sp³-hybridized carbons (Fsp3) is 0.0952. The molecule has 0 aromatic heterocycles. The third kappa shape index (κ3) is 4.00. The topological polar surface area (TPSA) is 63.5 Å². The van der Waals surface area contributed by atoms with E-state index in [2.05, 4.69) is 0 Å². The van der Waals surface area contributed by atoms with Crippen molar-refractivity contribution in [1.82, 2.24) is 4.90 Å². The quantitative estimate of drug-likeness (QED) is 0.491. The molecular weight excluding hydrogens is 347 g/mol. The summed E-state index contributed by atoms with van der Waals surface area (Å²) < 4.78 is 13.3. The Morgan fingerprint density at radius 1 is 0.926 bits per heavy atom. The molecule has 27 heavy (non-hydrogen) atoms. The van der Waals surface area contributed by atoms with E-state index in [1.807, 2.05) is 30.3 Å². The van der Waals surface area contributed by atoms with Crippen molar-refractivity contribution in [2.75, 3.05) is 7.05 Å². The van der Waals surface area contributed by atoms with Crippen molar-refractivity contribution in [2.24, 2.45) is 0 Å². The van der Waals surface area contributed by atoms with Gasteiger partial charge in [0.25, 0.3) is 11.6 Å². The second kappa shape index (κ2) is 7.78. The van der Waals surface area contributed by atoms with Crippen LogP contribution in [0.5, 0.6) is 0 Å². The number of rotatable bonds is 5. The first-order valence-corrected chi connectivity index (χ1v) is 8.29. The van der Waals surface area contributed by atoms with Crippen molar-refractivity contribution in [3.63, 3.8) is 0 Å². The Morgan fingerprint density at radius 2 is 1.48 bits per heavy atom. The lowest BCUT2D eigenvalue weighted by Crippen LogP contribution is -2.32. The van der Waals surface area contributed by atoms with Crippen molar-refractivity contribution >= 4 is 11.6 Å². The van der Waals surface area contributed by atoms with Crippen molar-refractivity contribution < 1.29 is 14.1 Å². The summed E-state index contributed by atoms with van der Waals surface area (Å²) in [5.74, 6) is -0.641. The Labute approximate surface area is 155 Å². The normalized spacial score (nSPS) is 11.6. The monoisotopic (exact) mass is 364 g/mol. The van der Waals surface area contributed by atoms with E-state index in [-0.39, 0.29) is 17.4 Å². The smallest absolute Gasteiger partial charge is 0.269 e. The number of benzene rings is 3.